The van der Waals surface area contributed by atoms with Gasteiger partial charge in [0.1, 0.15) is 5.02 Å². The van der Waals surface area contributed by atoms with E-state index in [1.54, 1.807) is 10.9 Å². The number of rotatable bonds is 6. The Bertz CT molecular complexity index is 1200. The van der Waals surface area contributed by atoms with Gasteiger partial charge in [0.05, 0.1) is 13.1 Å². The van der Waals surface area contributed by atoms with Crippen LogP contribution in [0.5, 0.6) is 0 Å². The van der Waals surface area contributed by atoms with E-state index in [-0.39, 0.29) is 0 Å². The number of aromatic nitrogens is 4. The van der Waals surface area contributed by atoms with Gasteiger partial charge in [-0.05, 0) is 48.0 Å². The molecule has 4 aromatic rings. The van der Waals surface area contributed by atoms with Crippen molar-refractivity contribution >= 4 is 52.2 Å². The van der Waals surface area contributed by atoms with Gasteiger partial charge in [0.15, 0.2) is 16.7 Å². The zero-order chi connectivity index (χ0) is 21.8. The van der Waals surface area contributed by atoms with Crippen molar-refractivity contribution in [1.82, 2.24) is 19.6 Å². The summed E-state index contributed by atoms with van der Waals surface area (Å²) in [5.74, 6) is 1.12. The van der Waals surface area contributed by atoms with Gasteiger partial charge in [0, 0.05) is 23.5 Å². The van der Waals surface area contributed by atoms with Crippen LogP contribution in [0, 0.1) is 6.92 Å². The molecule has 0 fully saturated rings. The number of nitrogens with one attached hydrogen (secondary N) is 2. The number of hydrogen-bond acceptors (Lipinski definition) is 3. The van der Waals surface area contributed by atoms with Gasteiger partial charge in [0.25, 0.3) is 0 Å². The van der Waals surface area contributed by atoms with Crippen LogP contribution in [0.15, 0.2) is 67.0 Å². The van der Waals surface area contributed by atoms with Gasteiger partial charge in [0.2, 0.25) is 0 Å². The summed E-state index contributed by atoms with van der Waals surface area (Å²) >= 11 is 17.7. The summed E-state index contributed by atoms with van der Waals surface area (Å²) < 4.78 is 3.61. The molecule has 6 nitrogen and oxygen atoms in total. The Morgan fingerprint density at radius 1 is 0.935 bits per heavy atom. The average molecular weight is 471 g/mol. The van der Waals surface area contributed by atoms with Crippen LogP contribution in [0.2, 0.25) is 10.0 Å². The number of halogens is 2. The number of thiocarbonyl (C=S) groups is 1. The molecule has 2 aromatic heterocycles. The van der Waals surface area contributed by atoms with Crippen LogP contribution in [0.4, 0.5) is 11.6 Å². The minimum absolute atomic E-state index is 0.361. The minimum atomic E-state index is 0.361. The lowest BCUT2D eigenvalue weighted by molar-refractivity contribution is 0.687. The molecule has 2 aromatic carbocycles. The topological polar surface area (TPSA) is 59.7 Å². The van der Waals surface area contributed by atoms with Crippen molar-refractivity contribution in [2.45, 2.75) is 20.0 Å². The van der Waals surface area contributed by atoms with E-state index in [2.05, 4.69) is 39.9 Å². The molecular formula is C22H20Cl2N6S. The van der Waals surface area contributed by atoms with Crippen molar-refractivity contribution < 1.29 is 0 Å². The van der Waals surface area contributed by atoms with E-state index in [1.165, 1.54) is 11.1 Å². The fourth-order valence-corrected chi connectivity index (χ4v) is 3.60. The molecule has 4 rings (SSSR count). The molecule has 0 atom stereocenters. The fourth-order valence-electron chi connectivity index (χ4n) is 3.07. The van der Waals surface area contributed by atoms with Crippen LogP contribution < -0.4 is 10.6 Å². The Morgan fingerprint density at radius 2 is 1.71 bits per heavy atom. The van der Waals surface area contributed by atoms with E-state index in [0.29, 0.717) is 39.9 Å². The summed E-state index contributed by atoms with van der Waals surface area (Å²) in [5.41, 5.74) is 3.51. The Hall–Kier alpha value is -2.87. The van der Waals surface area contributed by atoms with Crippen molar-refractivity contribution in [1.29, 1.82) is 0 Å². The van der Waals surface area contributed by atoms with Crippen LogP contribution in [0.25, 0.3) is 0 Å². The molecule has 2 N–H and O–H groups in total. The maximum atomic E-state index is 6.32. The molecule has 158 valence electrons. The zero-order valence-electron chi connectivity index (χ0n) is 16.7. The number of hydrogen-bond donors (Lipinski definition) is 2. The molecule has 0 aliphatic heterocycles. The molecule has 9 heteroatoms. The Labute approximate surface area is 195 Å². The van der Waals surface area contributed by atoms with E-state index in [0.717, 1.165) is 5.56 Å². The minimum Gasteiger partial charge on any atom is -0.316 e. The van der Waals surface area contributed by atoms with Gasteiger partial charge in [-0.15, -0.1) is 0 Å². The first kappa shape index (κ1) is 21.4. The summed E-state index contributed by atoms with van der Waals surface area (Å²) in [6, 6.07) is 17.7. The van der Waals surface area contributed by atoms with Crippen LogP contribution >= 0.6 is 35.4 Å². The maximum Gasteiger partial charge on any atom is 0.177 e. The van der Waals surface area contributed by atoms with Gasteiger partial charge in [-0.3, -0.25) is 9.36 Å². The van der Waals surface area contributed by atoms with Crippen molar-refractivity contribution in [3.8, 4) is 0 Å². The van der Waals surface area contributed by atoms with E-state index in [4.69, 9.17) is 35.4 Å². The van der Waals surface area contributed by atoms with Crippen molar-refractivity contribution in [2.75, 3.05) is 10.6 Å². The second-order valence-electron chi connectivity index (χ2n) is 7.05. The number of nitrogens with zero attached hydrogens (tertiary/aromatic N) is 4. The third kappa shape index (κ3) is 5.64. The predicted molar refractivity (Wildman–Crippen MR) is 130 cm³/mol. The number of anilines is 2. The highest BCUT2D eigenvalue weighted by atomic mass is 35.5. The second kappa shape index (κ2) is 9.51. The van der Waals surface area contributed by atoms with Gasteiger partial charge in [-0.2, -0.15) is 10.2 Å². The third-order valence-electron chi connectivity index (χ3n) is 4.68. The Kier molecular flexibility index (Phi) is 6.56. The smallest absolute Gasteiger partial charge is 0.177 e. The lowest BCUT2D eigenvalue weighted by Gasteiger charge is -2.07. The molecule has 0 spiro atoms. The molecule has 0 aliphatic rings. The molecule has 0 radical (unpaired) electrons. The lowest BCUT2D eigenvalue weighted by Crippen LogP contribution is -2.20. The predicted octanol–water partition coefficient (Wildman–Crippen LogP) is 5.60. The molecule has 0 aliphatic carbocycles. The molecule has 0 amide bonds. The van der Waals surface area contributed by atoms with E-state index >= 15 is 0 Å². The summed E-state index contributed by atoms with van der Waals surface area (Å²) in [6.07, 6.45) is 3.66. The molecule has 31 heavy (non-hydrogen) atoms. The Balaban J connectivity index is 1.36. The fraction of sp³-hybridized carbons (Fsp3) is 0.136. The normalized spacial score (nSPS) is 10.8. The highest BCUT2D eigenvalue weighted by Gasteiger charge is 2.10. The van der Waals surface area contributed by atoms with Crippen molar-refractivity contribution in [3.05, 3.63) is 93.7 Å². The maximum absolute atomic E-state index is 6.32. The average Bonchev–Trinajstić information content (AvgIpc) is 3.31. The summed E-state index contributed by atoms with van der Waals surface area (Å²) in [4.78, 5) is 0. The van der Waals surface area contributed by atoms with E-state index in [1.807, 2.05) is 53.3 Å². The first-order chi connectivity index (χ1) is 15.0. The SMILES string of the molecule is Cc1ccccc1Cn1ccc(NC(=S)Nc2nn(Cc3ccc(Cl)cc3)cc2Cl)n1. The molecule has 0 unspecified atom stereocenters. The highest BCUT2D eigenvalue weighted by Crippen LogP contribution is 2.21. The first-order valence-corrected chi connectivity index (χ1v) is 10.8. The van der Waals surface area contributed by atoms with Gasteiger partial charge in [-0.25, -0.2) is 0 Å². The molecule has 0 bridgehead atoms. The monoisotopic (exact) mass is 470 g/mol. The summed E-state index contributed by atoms with van der Waals surface area (Å²) in [7, 11) is 0. The van der Waals surface area contributed by atoms with Crippen LogP contribution in [-0.2, 0) is 13.1 Å². The zero-order valence-corrected chi connectivity index (χ0v) is 19.0. The number of aryl methyl sites for hydroxylation is 1. The van der Waals surface area contributed by atoms with Gasteiger partial charge >= 0.3 is 0 Å². The van der Waals surface area contributed by atoms with Gasteiger partial charge < -0.3 is 10.6 Å². The molecular weight excluding hydrogens is 451 g/mol. The highest BCUT2D eigenvalue weighted by molar-refractivity contribution is 7.80. The van der Waals surface area contributed by atoms with E-state index < -0.39 is 0 Å². The molecule has 2 heterocycles. The lowest BCUT2D eigenvalue weighted by atomic mass is 10.1. The number of benzene rings is 2. The van der Waals surface area contributed by atoms with Crippen LogP contribution in [0.1, 0.15) is 16.7 Å². The summed E-state index contributed by atoms with van der Waals surface area (Å²) in [6.45, 7) is 3.35. The summed E-state index contributed by atoms with van der Waals surface area (Å²) in [5, 5.41) is 16.6. The Morgan fingerprint density at radius 3 is 2.48 bits per heavy atom. The van der Waals surface area contributed by atoms with Crippen molar-refractivity contribution in [3.63, 3.8) is 0 Å². The van der Waals surface area contributed by atoms with E-state index in [9.17, 15) is 0 Å². The van der Waals surface area contributed by atoms with Crippen LogP contribution in [0.3, 0.4) is 0 Å². The largest absolute Gasteiger partial charge is 0.316 e. The third-order valence-corrected chi connectivity index (χ3v) is 5.42. The quantitative estimate of drug-likeness (QED) is 0.359. The van der Waals surface area contributed by atoms with Crippen LogP contribution in [-0.4, -0.2) is 24.7 Å². The standard InChI is InChI=1S/C22H20Cl2N6S/c1-15-4-2-3-5-17(15)13-29-11-10-20(27-29)25-22(31)26-21-19(24)14-30(28-21)12-16-6-8-18(23)9-7-16/h2-11,14H,12-13H2,1H3,(H2,25,26,27,28,31). The first-order valence-electron chi connectivity index (χ1n) is 9.59. The van der Waals surface area contributed by atoms with Crippen molar-refractivity contribution in [2.24, 2.45) is 0 Å². The van der Waals surface area contributed by atoms with Gasteiger partial charge in [-0.1, -0.05) is 59.6 Å². The second-order valence-corrected chi connectivity index (χ2v) is 8.31. The molecule has 0 saturated heterocycles. The molecule has 0 saturated carbocycles.